The number of carbonyl (C=O) groups is 1. The normalized spacial score (nSPS) is 14.6. The van der Waals surface area contributed by atoms with Crippen molar-refractivity contribution in [3.63, 3.8) is 0 Å². The van der Waals surface area contributed by atoms with Crippen molar-refractivity contribution < 1.29 is 9.21 Å². The van der Waals surface area contributed by atoms with E-state index in [1.54, 1.807) is 29.2 Å². The van der Waals surface area contributed by atoms with Gasteiger partial charge in [0.2, 0.25) is 0 Å². The predicted molar refractivity (Wildman–Crippen MR) is 107 cm³/mol. The molecule has 1 fully saturated rings. The van der Waals surface area contributed by atoms with Gasteiger partial charge in [-0.25, -0.2) is 4.79 Å². The van der Waals surface area contributed by atoms with Crippen molar-refractivity contribution in [1.82, 2.24) is 4.90 Å². The van der Waals surface area contributed by atoms with E-state index in [2.05, 4.69) is 4.90 Å². The summed E-state index contributed by atoms with van der Waals surface area (Å²) in [5.41, 5.74) is 0.745. The van der Waals surface area contributed by atoms with Gasteiger partial charge in [0, 0.05) is 36.6 Å². The maximum Gasteiger partial charge on any atom is 0.349 e. The Labute approximate surface area is 165 Å². The number of halogens is 2. The van der Waals surface area contributed by atoms with Gasteiger partial charge in [0.15, 0.2) is 0 Å². The number of anilines is 1. The van der Waals surface area contributed by atoms with Gasteiger partial charge in [0.1, 0.15) is 11.1 Å². The second-order valence-corrected chi connectivity index (χ2v) is 7.20. The van der Waals surface area contributed by atoms with Crippen LogP contribution < -0.4 is 10.5 Å². The summed E-state index contributed by atoms with van der Waals surface area (Å²) in [4.78, 5) is 28.9. The van der Waals surface area contributed by atoms with E-state index in [1.165, 1.54) is 0 Å². The summed E-state index contributed by atoms with van der Waals surface area (Å²) < 4.78 is 5.28. The summed E-state index contributed by atoms with van der Waals surface area (Å²) in [6.45, 7) is 2.27. The van der Waals surface area contributed by atoms with Crippen LogP contribution in [-0.2, 0) is 0 Å². The van der Waals surface area contributed by atoms with E-state index in [1.807, 2.05) is 24.3 Å². The summed E-state index contributed by atoms with van der Waals surface area (Å²) in [6, 6.07) is 14.1. The molecule has 0 saturated carbocycles. The van der Waals surface area contributed by atoms with Crippen LogP contribution in [0, 0.1) is 0 Å². The molecule has 2 aromatic carbocycles. The first-order chi connectivity index (χ1) is 13.0. The fourth-order valence-corrected chi connectivity index (χ4v) is 3.71. The molecular formula is C20H16Cl2N2O3. The average Bonchev–Trinajstić information content (AvgIpc) is 2.68. The molecule has 0 aliphatic carbocycles. The highest BCUT2D eigenvalue weighted by molar-refractivity contribution is 6.33. The fourth-order valence-electron chi connectivity index (χ4n) is 3.27. The third kappa shape index (κ3) is 3.53. The van der Waals surface area contributed by atoms with Gasteiger partial charge in [0.25, 0.3) is 5.91 Å². The topological polar surface area (TPSA) is 53.8 Å². The summed E-state index contributed by atoms with van der Waals surface area (Å²) >= 11 is 12.2. The Morgan fingerprint density at radius 2 is 1.70 bits per heavy atom. The van der Waals surface area contributed by atoms with Crippen molar-refractivity contribution in [1.29, 1.82) is 0 Å². The number of nitrogens with zero attached hydrogens (tertiary/aromatic N) is 2. The zero-order chi connectivity index (χ0) is 19.0. The molecule has 1 aliphatic rings. The Bertz CT molecular complexity index is 1070. The molecule has 3 aromatic rings. The van der Waals surface area contributed by atoms with Gasteiger partial charge in [0.05, 0.1) is 10.7 Å². The first kappa shape index (κ1) is 17.9. The molecule has 7 heteroatoms. The van der Waals surface area contributed by atoms with Crippen LogP contribution in [0.3, 0.4) is 0 Å². The first-order valence-corrected chi connectivity index (χ1v) is 9.31. The van der Waals surface area contributed by atoms with Crippen molar-refractivity contribution in [2.75, 3.05) is 31.1 Å². The Morgan fingerprint density at radius 1 is 0.963 bits per heavy atom. The Kier molecular flexibility index (Phi) is 4.81. The van der Waals surface area contributed by atoms with Gasteiger partial charge in [-0.15, -0.1) is 0 Å². The van der Waals surface area contributed by atoms with E-state index >= 15 is 0 Å². The zero-order valence-electron chi connectivity index (χ0n) is 14.3. The van der Waals surface area contributed by atoms with Crippen molar-refractivity contribution in [3.8, 4) is 0 Å². The number of hydrogen-bond acceptors (Lipinski definition) is 4. The van der Waals surface area contributed by atoms with E-state index in [0.29, 0.717) is 47.2 Å². The number of para-hydroxylation sites is 1. The molecule has 0 bridgehead atoms. The third-order valence-corrected chi connectivity index (χ3v) is 5.24. The highest BCUT2D eigenvalue weighted by Gasteiger charge is 2.25. The Morgan fingerprint density at radius 3 is 2.44 bits per heavy atom. The molecule has 0 atom stereocenters. The summed E-state index contributed by atoms with van der Waals surface area (Å²) in [7, 11) is 0. The Balaban J connectivity index is 1.54. The maximum absolute atomic E-state index is 12.8. The van der Waals surface area contributed by atoms with Crippen LogP contribution in [0.15, 0.2) is 57.7 Å². The van der Waals surface area contributed by atoms with E-state index < -0.39 is 5.63 Å². The number of hydrogen-bond donors (Lipinski definition) is 0. The van der Waals surface area contributed by atoms with Crippen LogP contribution in [0.1, 0.15) is 10.4 Å². The highest BCUT2D eigenvalue weighted by atomic mass is 35.5. The largest absolute Gasteiger partial charge is 0.422 e. The molecular weight excluding hydrogens is 387 g/mol. The lowest BCUT2D eigenvalue weighted by Crippen LogP contribution is -2.49. The number of carbonyl (C=O) groups excluding carboxylic acids is 1. The van der Waals surface area contributed by atoms with E-state index in [9.17, 15) is 9.59 Å². The van der Waals surface area contributed by atoms with Crippen LogP contribution in [0.5, 0.6) is 0 Å². The number of rotatable bonds is 2. The van der Waals surface area contributed by atoms with E-state index in [0.717, 1.165) is 5.69 Å². The molecule has 2 heterocycles. The molecule has 27 heavy (non-hydrogen) atoms. The van der Waals surface area contributed by atoms with Gasteiger partial charge in [-0.3, -0.25) is 4.79 Å². The molecule has 138 valence electrons. The second-order valence-electron chi connectivity index (χ2n) is 6.36. The van der Waals surface area contributed by atoms with Crippen molar-refractivity contribution in [2.24, 2.45) is 0 Å². The molecule has 0 spiro atoms. The van der Waals surface area contributed by atoms with Gasteiger partial charge in [-0.05, 0) is 36.4 Å². The zero-order valence-corrected chi connectivity index (χ0v) is 15.8. The van der Waals surface area contributed by atoms with Crippen molar-refractivity contribution in [2.45, 2.75) is 0 Å². The summed E-state index contributed by atoms with van der Waals surface area (Å²) in [6.07, 6.45) is 0. The summed E-state index contributed by atoms with van der Waals surface area (Å²) in [5, 5.41) is 1.83. The fraction of sp³-hybridized carbons (Fsp3) is 0.200. The lowest BCUT2D eigenvalue weighted by Gasteiger charge is -2.36. The molecule has 1 amide bonds. The van der Waals surface area contributed by atoms with Crippen LogP contribution in [-0.4, -0.2) is 37.0 Å². The van der Waals surface area contributed by atoms with Gasteiger partial charge in [-0.1, -0.05) is 35.3 Å². The SMILES string of the molecule is O=C(c1cc2cc(Cl)ccc2oc1=O)N1CCN(c2ccccc2Cl)CC1. The highest BCUT2D eigenvalue weighted by Crippen LogP contribution is 2.26. The maximum atomic E-state index is 12.8. The minimum Gasteiger partial charge on any atom is -0.422 e. The predicted octanol–water partition coefficient (Wildman–Crippen LogP) is 4.06. The van der Waals surface area contributed by atoms with Crippen molar-refractivity contribution >= 4 is 45.8 Å². The molecule has 1 saturated heterocycles. The minimum absolute atomic E-state index is 0.0240. The van der Waals surface area contributed by atoms with Gasteiger partial charge in [-0.2, -0.15) is 0 Å². The molecule has 1 aliphatic heterocycles. The monoisotopic (exact) mass is 402 g/mol. The Hall–Kier alpha value is -2.50. The molecule has 4 rings (SSSR count). The second kappa shape index (κ2) is 7.25. The molecule has 0 radical (unpaired) electrons. The molecule has 0 unspecified atom stereocenters. The number of amides is 1. The lowest BCUT2D eigenvalue weighted by molar-refractivity contribution is 0.0742. The quantitative estimate of drug-likeness (QED) is 0.606. The van der Waals surface area contributed by atoms with Gasteiger partial charge < -0.3 is 14.2 Å². The van der Waals surface area contributed by atoms with E-state index in [-0.39, 0.29) is 11.5 Å². The van der Waals surface area contributed by atoms with Crippen LogP contribution in [0.25, 0.3) is 11.0 Å². The average molecular weight is 403 g/mol. The van der Waals surface area contributed by atoms with Crippen molar-refractivity contribution in [3.05, 3.63) is 74.6 Å². The molecule has 0 N–H and O–H groups in total. The third-order valence-electron chi connectivity index (χ3n) is 4.68. The first-order valence-electron chi connectivity index (χ1n) is 8.55. The number of piperazine rings is 1. The van der Waals surface area contributed by atoms with Crippen LogP contribution in [0.4, 0.5) is 5.69 Å². The van der Waals surface area contributed by atoms with Crippen LogP contribution >= 0.6 is 23.2 Å². The molecule has 1 aromatic heterocycles. The van der Waals surface area contributed by atoms with Crippen LogP contribution in [0.2, 0.25) is 10.0 Å². The summed E-state index contributed by atoms with van der Waals surface area (Å²) in [5.74, 6) is -0.329. The van der Waals surface area contributed by atoms with Gasteiger partial charge >= 0.3 is 5.63 Å². The smallest absolute Gasteiger partial charge is 0.349 e. The molecule has 5 nitrogen and oxygen atoms in total. The number of fused-ring (bicyclic) bond motifs is 1. The van der Waals surface area contributed by atoms with E-state index in [4.69, 9.17) is 27.6 Å². The number of benzene rings is 2. The lowest BCUT2D eigenvalue weighted by atomic mass is 10.1. The standard InChI is InChI=1S/C20H16Cl2N2O3/c21-14-5-6-18-13(11-14)12-15(20(26)27-18)19(25)24-9-7-23(8-10-24)17-4-2-1-3-16(17)22/h1-6,11-12H,7-10H2. The minimum atomic E-state index is -0.636.